The maximum absolute atomic E-state index is 12.6. The van der Waals surface area contributed by atoms with Gasteiger partial charge < -0.3 is 9.84 Å². The molecule has 4 heteroatoms. The third kappa shape index (κ3) is 4.09. The lowest BCUT2D eigenvalue weighted by Crippen LogP contribution is -2.31. The van der Waals surface area contributed by atoms with Crippen molar-refractivity contribution in [3.8, 4) is 0 Å². The third-order valence-corrected chi connectivity index (χ3v) is 3.98. The fourth-order valence-corrected chi connectivity index (χ4v) is 2.58. The molecule has 2 aromatic rings. The number of esters is 1. The summed E-state index contributed by atoms with van der Waals surface area (Å²) < 4.78 is 5.24. The zero-order valence-electron chi connectivity index (χ0n) is 14.2. The Morgan fingerprint density at radius 1 is 1.08 bits per heavy atom. The van der Waals surface area contributed by atoms with Gasteiger partial charge in [0.25, 0.3) is 0 Å². The van der Waals surface area contributed by atoms with Crippen molar-refractivity contribution >= 4 is 11.8 Å². The Balaban J connectivity index is 2.34. The van der Waals surface area contributed by atoms with E-state index in [1.54, 1.807) is 37.3 Å². The van der Waals surface area contributed by atoms with Crippen LogP contribution < -0.4 is 0 Å². The van der Waals surface area contributed by atoms with E-state index in [4.69, 9.17) is 4.74 Å². The molecule has 0 aromatic heterocycles. The smallest absolute Gasteiger partial charge is 0.303 e. The van der Waals surface area contributed by atoms with Gasteiger partial charge in [-0.2, -0.15) is 0 Å². The van der Waals surface area contributed by atoms with Crippen LogP contribution in [0.25, 0.3) is 0 Å². The molecule has 24 heavy (non-hydrogen) atoms. The molecule has 0 fully saturated rings. The highest BCUT2D eigenvalue weighted by molar-refractivity contribution is 6.01. The number of rotatable bonds is 6. The Morgan fingerprint density at radius 3 is 2.25 bits per heavy atom. The lowest BCUT2D eigenvalue weighted by atomic mass is 9.94. The summed E-state index contributed by atoms with van der Waals surface area (Å²) in [7, 11) is 0. The summed E-state index contributed by atoms with van der Waals surface area (Å²) in [6, 6.07) is 14.4. The van der Waals surface area contributed by atoms with Crippen molar-refractivity contribution in [2.75, 3.05) is 0 Å². The topological polar surface area (TPSA) is 63.6 Å². The lowest BCUT2D eigenvalue weighted by Gasteiger charge is -2.23. The van der Waals surface area contributed by atoms with E-state index in [1.807, 2.05) is 25.1 Å². The van der Waals surface area contributed by atoms with Gasteiger partial charge in [-0.05, 0) is 30.0 Å². The molecule has 0 saturated carbocycles. The van der Waals surface area contributed by atoms with Gasteiger partial charge >= 0.3 is 5.97 Å². The average Bonchev–Trinajstić information content (AvgIpc) is 2.59. The molecular weight excluding hydrogens is 304 g/mol. The molecule has 2 atom stereocenters. The van der Waals surface area contributed by atoms with Crippen molar-refractivity contribution in [1.82, 2.24) is 0 Å². The first-order valence-corrected chi connectivity index (χ1v) is 7.98. The van der Waals surface area contributed by atoms with E-state index in [0.717, 1.165) is 17.5 Å². The molecule has 4 nitrogen and oxygen atoms in total. The minimum atomic E-state index is -1.46. The van der Waals surface area contributed by atoms with E-state index in [9.17, 15) is 14.7 Å². The van der Waals surface area contributed by atoms with Crippen LogP contribution in [0.3, 0.4) is 0 Å². The highest BCUT2D eigenvalue weighted by Gasteiger charge is 2.31. The molecule has 0 aliphatic heterocycles. The van der Waals surface area contributed by atoms with Gasteiger partial charge in [-0.3, -0.25) is 9.59 Å². The van der Waals surface area contributed by atoms with Gasteiger partial charge in [0, 0.05) is 12.5 Å². The Labute approximate surface area is 142 Å². The minimum absolute atomic E-state index is 0.423. The maximum Gasteiger partial charge on any atom is 0.303 e. The van der Waals surface area contributed by atoms with Crippen LogP contribution in [-0.2, 0) is 16.0 Å². The van der Waals surface area contributed by atoms with E-state index >= 15 is 0 Å². The zero-order chi connectivity index (χ0) is 17.7. The molecule has 0 radical (unpaired) electrons. The van der Waals surface area contributed by atoms with Gasteiger partial charge in [-0.25, -0.2) is 0 Å². The number of hydrogen-bond donors (Lipinski definition) is 1. The summed E-state index contributed by atoms with van der Waals surface area (Å²) in [4.78, 5) is 24.1. The van der Waals surface area contributed by atoms with Gasteiger partial charge in [0.2, 0.25) is 0 Å². The van der Waals surface area contributed by atoms with E-state index in [2.05, 4.69) is 0 Å². The first kappa shape index (κ1) is 17.9. The second-order valence-corrected chi connectivity index (χ2v) is 5.75. The van der Waals surface area contributed by atoms with Crippen molar-refractivity contribution in [3.63, 3.8) is 0 Å². The second-order valence-electron chi connectivity index (χ2n) is 5.75. The minimum Gasteiger partial charge on any atom is -0.454 e. The van der Waals surface area contributed by atoms with Crippen LogP contribution in [-0.4, -0.2) is 23.0 Å². The summed E-state index contributed by atoms with van der Waals surface area (Å²) in [6.07, 6.45) is -1.61. The molecule has 0 amide bonds. The molecule has 1 N–H and O–H groups in total. The quantitative estimate of drug-likeness (QED) is 0.653. The Morgan fingerprint density at radius 2 is 1.71 bits per heavy atom. The SMILES string of the molecule is CCc1ccc(C(OC(C)=O)C(O)C(=O)c2ccccc2C)cc1. The molecule has 0 bridgehead atoms. The number of aliphatic hydroxyl groups excluding tert-OH is 1. The number of ether oxygens (including phenoxy) is 1. The fourth-order valence-electron chi connectivity index (χ4n) is 2.58. The summed E-state index contributed by atoms with van der Waals surface area (Å²) in [5.74, 6) is -1.00. The van der Waals surface area contributed by atoms with Crippen LogP contribution in [0.2, 0.25) is 0 Å². The summed E-state index contributed by atoms with van der Waals surface area (Å²) >= 11 is 0. The molecule has 2 rings (SSSR count). The van der Waals surface area contributed by atoms with Gasteiger partial charge in [-0.1, -0.05) is 55.5 Å². The number of aryl methyl sites for hydroxylation is 2. The van der Waals surface area contributed by atoms with Crippen molar-refractivity contribution in [1.29, 1.82) is 0 Å². The molecule has 126 valence electrons. The highest BCUT2D eigenvalue weighted by atomic mass is 16.6. The van der Waals surface area contributed by atoms with Crippen molar-refractivity contribution in [2.24, 2.45) is 0 Å². The van der Waals surface area contributed by atoms with Crippen molar-refractivity contribution in [2.45, 2.75) is 39.4 Å². The maximum atomic E-state index is 12.6. The van der Waals surface area contributed by atoms with Gasteiger partial charge in [0.1, 0.15) is 0 Å². The van der Waals surface area contributed by atoms with E-state index in [0.29, 0.717) is 11.1 Å². The summed E-state index contributed by atoms with van der Waals surface area (Å²) in [5, 5.41) is 10.6. The van der Waals surface area contributed by atoms with E-state index in [1.165, 1.54) is 6.92 Å². The van der Waals surface area contributed by atoms with E-state index < -0.39 is 24.0 Å². The van der Waals surface area contributed by atoms with Crippen LogP contribution in [0, 0.1) is 6.92 Å². The molecule has 0 aliphatic rings. The Kier molecular flexibility index (Phi) is 5.88. The van der Waals surface area contributed by atoms with Crippen LogP contribution in [0.5, 0.6) is 0 Å². The molecular formula is C20H22O4. The molecule has 2 unspecified atom stereocenters. The summed E-state index contributed by atoms with van der Waals surface area (Å²) in [5.41, 5.74) is 2.91. The van der Waals surface area contributed by atoms with Crippen LogP contribution >= 0.6 is 0 Å². The van der Waals surface area contributed by atoms with Crippen LogP contribution in [0.15, 0.2) is 48.5 Å². The van der Waals surface area contributed by atoms with Crippen LogP contribution in [0.4, 0.5) is 0 Å². The molecule has 0 heterocycles. The molecule has 0 aliphatic carbocycles. The van der Waals surface area contributed by atoms with Gasteiger partial charge in [-0.15, -0.1) is 0 Å². The largest absolute Gasteiger partial charge is 0.454 e. The normalized spacial score (nSPS) is 13.2. The van der Waals surface area contributed by atoms with Gasteiger partial charge in [0.15, 0.2) is 18.0 Å². The van der Waals surface area contributed by atoms with E-state index in [-0.39, 0.29) is 0 Å². The number of aliphatic hydroxyl groups is 1. The second kappa shape index (κ2) is 7.88. The van der Waals surface area contributed by atoms with Gasteiger partial charge in [0.05, 0.1) is 0 Å². The monoisotopic (exact) mass is 326 g/mol. The first-order chi connectivity index (χ1) is 11.4. The highest BCUT2D eigenvalue weighted by Crippen LogP contribution is 2.25. The van der Waals surface area contributed by atoms with Crippen LogP contribution in [0.1, 0.15) is 47.0 Å². The summed E-state index contributed by atoms with van der Waals surface area (Å²) in [6.45, 7) is 5.10. The first-order valence-electron chi connectivity index (χ1n) is 7.98. The number of hydrogen-bond acceptors (Lipinski definition) is 4. The predicted molar refractivity (Wildman–Crippen MR) is 91.8 cm³/mol. The Hall–Kier alpha value is -2.46. The van der Waals surface area contributed by atoms with Crippen molar-refractivity contribution < 1.29 is 19.4 Å². The number of benzene rings is 2. The zero-order valence-corrected chi connectivity index (χ0v) is 14.2. The predicted octanol–water partition coefficient (Wildman–Crippen LogP) is 3.41. The number of ketones is 1. The standard InChI is InChI=1S/C20H22O4/c1-4-15-9-11-16(12-10-15)20(24-14(3)21)19(23)18(22)17-8-6-5-7-13(17)2/h5-12,19-20,23H,4H2,1-3H3. The number of carbonyl (C=O) groups excluding carboxylic acids is 2. The average molecular weight is 326 g/mol. The Bertz CT molecular complexity index is 719. The molecule has 2 aromatic carbocycles. The third-order valence-electron chi connectivity index (χ3n) is 3.98. The fraction of sp³-hybridized carbons (Fsp3) is 0.300. The molecule has 0 saturated heterocycles. The van der Waals surface area contributed by atoms with Crippen molar-refractivity contribution in [3.05, 3.63) is 70.8 Å². The number of carbonyl (C=O) groups is 2. The molecule has 0 spiro atoms. The number of Topliss-reactive ketones (excluding diaryl/α,β-unsaturated/α-hetero) is 1. The lowest BCUT2D eigenvalue weighted by molar-refractivity contribution is -0.151.